The molecule has 0 fully saturated rings. The summed E-state index contributed by atoms with van der Waals surface area (Å²) in [7, 11) is 0. The van der Waals surface area contributed by atoms with Crippen LogP contribution in [0.2, 0.25) is 0 Å². The summed E-state index contributed by atoms with van der Waals surface area (Å²) in [4.78, 5) is 0. The van der Waals surface area contributed by atoms with E-state index >= 15 is 0 Å². The number of rotatable bonds is 16. The zero-order chi connectivity index (χ0) is 14.9. The first-order valence-electron chi connectivity index (χ1n) is 9.22. The molecule has 0 aliphatic rings. The Bertz CT molecular complexity index is 173. The molecule has 0 bridgehead atoms. The quantitative estimate of drug-likeness (QED) is 0.294. The lowest BCUT2D eigenvalue weighted by Gasteiger charge is -2.12. The SMILES string of the molecule is CCCCCCCCCNC(O)CCCCCCCC. The Kier molecular flexibility index (Phi) is 16.9. The summed E-state index contributed by atoms with van der Waals surface area (Å²) < 4.78 is 0. The van der Waals surface area contributed by atoms with Crippen LogP contribution in [-0.2, 0) is 0 Å². The van der Waals surface area contributed by atoms with Crippen molar-refractivity contribution in [1.82, 2.24) is 5.32 Å². The molecule has 2 N–H and O–H groups in total. The highest BCUT2D eigenvalue weighted by atomic mass is 16.3. The van der Waals surface area contributed by atoms with Gasteiger partial charge in [0.05, 0.1) is 0 Å². The van der Waals surface area contributed by atoms with Gasteiger partial charge in [-0.05, 0) is 25.8 Å². The van der Waals surface area contributed by atoms with Crippen LogP contribution < -0.4 is 5.32 Å². The molecule has 0 spiro atoms. The van der Waals surface area contributed by atoms with Gasteiger partial charge in [0.1, 0.15) is 6.23 Å². The predicted octanol–water partition coefficient (Wildman–Crippen LogP) is 5.40. The topological polar surface area (TPSA) is 32.3 Å². The van der Waals surface area contributed by atoms with E-state index in [0.29, 0.717) is 0 Å². The van der Waals surface area contributed by atoms with E-state index in [1.807, 2.05) is 0 Å². The van der Waals surface area contributed by atoms with Crippen LogP contribution in [0.15, 0.2) is 0 Å². The highest BCUT2D eigenvalue weighted by molar-refractivity contribution is 4.56. The van der Waals surface area contributed by atoms with Gasteiger partial charge in [0.2, 0.25) is 0 Å². The molecule has 0 radical (unpaired) electrons. The fourth-order valence-electron chi connectivity index (χ4n) is 2.57. The van der Waals surface area contributed by atoms with Crippen molar-refractivity contribution in [3.05, 3.63) is 0 Å². The first-order chi connectivity index (χ1) is 9.81. The molecule has 0 rings (SSSR count). The Morgan fingerprint density at radius 1 is 0.650 bits per heavy atom. The van der Waals surface area contributed by atoms with Gasteiger partial charge in [0, 0.05) is 0 Å². The predicted molar refractivity (Wildman–Crippen MR) is 90.0 cm³/mol. The largest absolute Gasteiger partial charge is 0.379 e. The van der Waals surface area contributed by atoms with E-state index in [1.165, 1.54) is 77.0 Å². The number of hydrogen-bond donors (Lipinski definition) is 2. The highest BCUT2D eigenvalue weighted by Gasteiger charge is 2.02. The molecule has 2 nitrogen and oxygen atoms in total. The number of nitrogens with one attached hydrogen (secondary N) is 1. The second-order valence-electron chi connectivity index (χ2n) is 6.15. The number of unbranched alkanes of at least 4 members (excludes halogenated alkanes) is 11. The molecule has 1 unspecified atom stereocenters. The third kappa shape index (κ3) is 16.0. The van der Waals surface area contributed by atoms with Crippen LogP contribution in [0.5, 0.6) is 0 Å². The lowest BCUT2D eigenvalue weighted by molar-refractivity contribution is 0.124. The first kappa shape index (κ1) is 19.9. The molecule has 0 aromatic carbocycles. The molecule has 0 amide bonds. The van der Waals surface area contributed by atoms with Crippen LogP contribution in [0.1, 0.15) is 104 Å². The molecule has 0 aliphatic heterocycles. The minimum Gasteiger partial charge on any atom is -0.379 e. The Balaban J connectivity index is 3.10. The molecule has 0 aliphatic carbocycles. The molecule has 0 saturated carbocycles. The van der Waals surface area contributed by atoms with Gasteiger partial charge in [-0.1, -0.05) is 84.5 Å². The number of aliphatic hydroxyl groups is 1. The van der Waals surface area contributed by atoms with Gasteiger partial charge in [-0.3, -0.25) is 5.32 Å². The molecule has 20 heavy (non-hydrogen) atoms. The van der Waals surface area contributed by atoms with Crippen molar-refractivity contribution >= 4 is 0 Å². The van der Waals surface area contributed by atoms with E-state index in [1.54, 1.807) is 0 Å². The fraction of sp³-hybridized carbons (Fsp3) is 1.00. The summed E-state index contributed by atoms with van der Waals surface area (Å²) >= 11 is 0. The molecule has 0 aromatic heterocycles. The van der Waals surface area contributed by atoms with Crippen molar-refractivity contribution < 1.29 is 5.11 Å². The Hall–Kier alpha value is -0.0800. The third-order valence-electron chi connectivity index (χ3n) is 3.99. The van der Waals surface area contributed by atoms with E-state index < -0.39 is 0 Å². The van der Waals surface area contributed by atoms with E-state index in [2.05, 4.69) is 19.2 Å². The highest BCUT2D eigenvalue weighted by Crippen LogP contribution is 2.08. The molecular formula is C18H39NO. The molecule has 2 heteroatoms. The molecule has 122 valence electrons. The minimum absolute atomic E-state index is 0.277. The molecule has 0 aromatic rings. The Labute approximate surface area is 127 Å². The van der Waals surface area contributed by atoms with E-state index in [0.717, 1.165) is 19.4 Å². The van der Waals surface area contributed by atoms with Gasteiger partial charge >= 0.3 is 0 Å². The van der Waals surface area contributed by atoms with Crippen molar-refractivity contribution in [3.8, 4) is 0 Å². The Morgan fingerprint density at radius 2 is 1.10 bits per heavy atom. The van der Waals surface area contributed by atoms with Crippen LogP contribution >= 0.6 is 0 Å². The normalized spacial score (nSPS) is 12.8. The van der Waals surface area contributed by atoms with E-state index in [9.17, 15) is 5.11 Å². The summed E-state index contributed by atoms with van der Waals surface area (Å²) in [5, 5.41) is 13.1. The van der Waals surface area contributed by atoms with Gasteiger partial charge in [-0.25, -0.2) is 0 Å². The van der Waals surface area contributed by atoms with Gasteiger partial charge in [0.15, 0.2) is 0 Å². The first-order valence-corrected chi connectivity index (χ1v) is 9.22. The smallest absolute Gasteiger partial charge is 0.104 e. The van der Waals surface area contributed by atoms with Crippen molar-refractivity contribution in [1.29, 1.82) is 0 Å². The molecule has 1 atom stereocenters. The van der Waals surface area contributed by atoms with Crippen molar-refractivity contribution in [2.45, 2.75) is 110 Å². The average molecular weight is 286 g/mol. The second kappa shape index (κ2) is 17.0. The minimum atomic E-state index is -0.277. The summed E-state index contributed by atoms with van der Waals surface area (Å²) in [6.07, 6.45) is 17.8. The van der Waals surface area contributed by atoms with Gasteiger partial charge in [0.25, 0.3) is 0 Å². The van der Waals surface area contributed by atoms with Crippen molar-refractivity contribution in [2.75, 3.05) is 6.54 Å². The molecule has 0 heterocycles. The summed E-state index contributed by atoms with van der Waals surface area (Å²) in [5.74, 6) is 0. The van der Waals surface area contributed by atoms with Crippen molar-refractivity contribution in [3.63, 3.8) is 0 Å². The van der Waals surface area contributed by atoms with E-state index in [-0.39, 0.29) is 6.23 Å². The van der Waals surface area contributed by atoms with Crippen molar-refractivity contribution in [2.24, 2.45) is 0 Å². The van der Waals surface area contributed by atoms with Gasteiger partial charge < -0.3 is 5.11 Å². The third-order valence-corrected chi connectivity index (χ3v) is 3.99. The Morgan fingerprint density at radius 3 is 1.65 bits per heavy atom. The summed E-state index contributed by atoms with van der Waals surface area (Å²) in [5.41, 5.74) is 0. The second-order valence-corrected chi connectivity index (χ2v) is 6.15. The zero-order valence-electron chi connectivity index (χ0n) is 14.1. The average Bonchev–Trinajstić information content (AvgIpc) is 2.45. The number of aliphatic hydroxyl groups excluding tert-OH is 1. The maximum Gasteiger partial charge on any atom is 0.104 e. The monoisotopic (exact) mass is 285 g/mol. The number of hydrogen-bond acceptors (Lipinski definition) is 2. The van der Waals surface area contributed by atoms with Gasteiger partial charge in [-0.2, -0.15) is 0 Å². The van der Waals surface area contributed by atoms with Crippen LogP contribution in [0.4, 0.5) is 0 Å². The van der Waals surface area contributed by atoms with E-state index in [4.69, 9.17) is 0 Å². The maximum absolute atomic E-state index is 9.81. The molecular weight excluding hydrogens is 246 g/mol. The van der Waals surface area contributed by atoms with Crippen LogP contribution in [0.25, 0.3) is 0 Å². The summed E-state index contributed by atoms with van der Waals surface area (Å²) in [6, 6.07) is 0. The van der Waals surface area contributed by atoms with Crippen LogP contribution in [0, 0.1) is 0 Å². The van der Waals surface area contributed by atoms with Gasteiger partial charge in [-0.15, -0.1) is 0 Å². The zero-order valence-corrected chi connectivity index (χ0v) is 14.1. The lowest BCUT2D eigenvalue weighted by Crippen LogP contribution is -2.29. The lowest BCUT2D eigenvalue weighted by atomic mass is 10.1. The summed E-state index contributed by atoms with van der Waals surface area (Å²) in [6.45, 7) is 5.48. The molecule has 0 saturated heterocycles. The fourth-order valence-corrected chi connectivity index (χ4v) is 2.57. The van der Waals surface area contributed by atoms with Crippen LogP contribution in [0.3, 0.4) is 0 Å². The van der Waals surface area contributed by atoms with Crippen LogP contribution in [-0.4, -0.2) is 17.9 Å². The standard InChI is InChI=1S/C18H39NO/c1-3-5-7-9-11-13-15-17-19-18(20)16-14-12-10-8-6-4-2/h18-20H,3-17H2,1-2H3. The maximum atomic E-state index is 9.81.